The molecule has 1 N–H and O–H groups in total. The Morgan fingerprint density at radius 3 is 2.47 bits per heavy atom. The number of halogens is 3. The van der Waals surface area contributed by atoms with Gasteiger partial charge in [0.05, 0.1) is 17.0 Å². The van der Waals surface area contributed by atoms with E-state index in [-0.39, 0.29) is 17.9 Å². The minimum atomic E-state index is -4.82. The number of carbonyl (C=O) groups excluding carboxylic acids is 1. The molecule has 1 heterocycles. The van der Waals surface area contributed by atoms with Crippen LogP contribution >= 0.6 is 11.8 Å². The Kier molecular flexibility index (Phi) is 7.12. The van der Waals surface area contributed by atoms with Crippen molar-refractivity contribution in [2.24, 2.45) is 0 Å². The molecule has 0 aliphatic heterocycles. The summed E-state index contributed by atoms with van der Waals surface area (Å²) >= 11 is 1.38. The molecular formula is C23H18F3N5O2S. The summed E-state index contributed by atoms with van der Waals surface area (Å²) < 4.78 is 43.6. The third kappa shape index (κ3) is 5.93. The number of tetrazole rings is 1. The second-order valence-electron chi connectivity index (χ2n) is 6.97. The summed E-state index contributed by atoms with van der Waals surface area (Å²) in [5, 5.41) is 14.5. The van der Waals surface area contributed by atoms with Crippen molar-refractivity contribution in [3.63, 3.8) is 0 Å². The van der Waals surface area contributed by atoms with Crippen LogP contribution in [0, 0.1) is 0 Å². The molecule has 0 unspecified atom stereocenters. The predicted octanol–water partition coefficient (Wildman–Crippen LogP) is 4.78. The van der Waals surface area contributed by atoms with Crippen LogP contribution in [-0.4, -0.2) is 32.5 Å². The van der Waals surface area contributed by atoms with Gasteiger partial charge in [-0.25, -0.2) is 0 Å². The fraction of sp³-hybridized carbons (Fsp3) is 0.130. The van der Waals surface area contributed by atoms with Crippen molar-refractivity contribution < 1.29 is 22.7 Å². The number of thioether (sulfide) groups is 1. The maximum Gasteiger partial charge on any atom is 0.573 e. The van der Waals surface area contributed by atoms with E-state index in [0.29, 0.717) is 22.0 Å². The van der Waals surface area contributed by atoms with E-state index in [0.717, 1.165) is 5.69 Å². The van der Waals surface area contributed by atoms with Gasteiger partial charge in [-0.15, -0.1) is 30.0 Å². The second-order valence-corrected chi connectivity index (χ2v) is 7.98. The van der Waals surface area contributed by atoms with Gasteiger partial charge in [-0.3, -0.25) is 4.79 Å². The van der Waals surface area contributed by atoms with Crippen molar-refractivity contribution in [1.82, 2.24) is 25.5 Å². The predicted molar refractivity (Wildman–Crippen MR) is 119 cm³/mol. The Morgan fingerprint density at radius 1 is 0.971 bits per heavy atom. The largest absolute Gasteiger partial charge is 0.573 e. The molecule has 1 aromatic heterocycles. The normalized spacial score (nSPS) is 11.3. The van der Waals surface area contributed by atoms with Gasteiger partial charge in [0.1, 0.15) is 5.75 Å². The highest BCUT2D eigenvalue weighted by Gasteiger charge is 2.32. The summed E-state index contributed by atoms with van der Waals surface area (Å²) in [6, 6.07) is 22.0. The van der Waals surface area contributed by atoms with Crippen molar-refractivity contribution in [3.8, 4) is 11.4 Å². The molecule has 0 aliphatic rings. The summed E-state index contributed by atoms with van der Waals surface area (Å²) in [5.74, 6) is 0.219. The lowest BCUT2D eigenvalue weighted by atomic mass is 10.1. The summed E-state index contributed by atoms with van der Waals surface area (Å²) in [4.78, 5) is 13.5. The maximum atomic E-state index is 12.9. The van der Waals surface area contributed by atoms with Gasteiger partial charge in [-0.05, 0) is 40.8 Å². The van der Waals surface area contributed by atoms with Gasteiger partial charge in [0.15, 0.2) is 5.82 Å². The second kappa shape index (κ2) is 10.4. The number of amides is 1. The fourth-order valence-electron chi connectivity index (χ4n) is 3.13. The Hall–Kier alpha value is -3.86. The van der Waals surface area contributed by atoms with Gasteiger partial charge in [-0.2, -0.15) is 4.68 Å². The number of aromatic nitrogens is 4. The van der Waals surface area contributed by atoms with E-state index in [1.807, 2.05) is 30.3 Å². The quantitative estimate of drug-likeness (QED) is 0.362. The summed E-state index contributed by atoms with van der Waals surface area (Å²) in [6.07, 6.45) is -4.82. The summed E-state index contributed by atoms with van der Waals surface area (Å²) in [5.41, 5.74) is 1.41. The van der Waals surface area contributed by atoms with Crippen molar-refractivity contribution in [3.05, 3.63) is 95.8 Å². The molecule has 3 aromatic carbocycles. The summed E-state index contributed by atoms with van der Waals surface area (Å²) in [6.45, 7) is -0.129. The summed E-state index contributed by atoms with van der Waals surface area (Å²) in [7, 11) is 0. The minimum Gasteiger partial charge on any atom is -0.405 e. The van der Waals surface area contributed by atoms with Crippen LogP contribution in [0.4, 0.5) is 13.2 Å². The van der Waals surface area contributed by atoms with Crippen LogP contribution in [-0.2, 0) is 12.3 Å². The molecule has 174 valence electrons. The minimum absolute atomic E-state index is 0.129. The highest BCUT2D eigenvalue weighted by molar-refractivity contribution is 7.98. The number of benzene rings is 3. The number of rotatable bonds is 8. The van der Waals surface area contributed by atoms with Crippen LogP contribution in [0.2, 0.25) is 0 Å². The van der Waals surface area contributed by atoms with Crippen LogP contribution in [0.3, 0.4) is 0 Å². The molecule has 0 saturated heterocycles. The molecular weight excluding hydrogens is 467 g/mol. The molecule has 0 saturated carbocycles. The van der Waals surface area contributed by atoms with E-state index in [9.17, 15) is 18.0 Å². The Bertz CT molecular complexity index is 1260. The van der Waals surface area contributed by atoms with Crippen molar-refractivity contribution in [2.45, 2.75) is 23.6 Å². The van der Waals surface area contributed by atoms with Crippen LogP contribution in [0.15, 0.2) is 83.8 Å². The van der Waals surface area contributed by atoms with Crippen molar-refractivity contribution in [1.29, 1.82) is 0 Å². The van der Waals surface area contributed by atoms with Gasteiger partial charge in [0.25, 0.3) is 5.91 Å². The monoisotopic (exact) mass is 485 g/mol. The Morgan fingerprint density at radius 2 is 1.68 bits per heavy atom. The first-order valence-electron chi connectivity index (χ1n) is 10.1. The third-order valence-corrected chi connectivity index (χ3v) is 5.73. The van der Waals surface area contributed by atoms with Crippen molar-refractivity contribution >= 4 is 17.7 Å². The Labute approximate surface area is 196 Å². The zero-order valence-electron chi connectivity index (χ0n) is 17.6. The number of para-hydroxylation sites is 2. The number of nitrogens with one attached hydrogen (secondary N) is 1. The molecule has 34 heavy (non-hydrogen) atoms. The number of hydrogen-bond donors (Lipinski definition) is 1. The van der Waals surface area contributed by atoms with E-state index < -0.39 is 12.3 Å². The van der Waals surface area contributed by atoms with Gasteiger partial charge in [0.2, 0.25) is 0 Å². The first-order chi connectivity index (χ1) is 16.4. The molecule has 7 nitrogen and oxygen atoms in total. The van der Waals surface area contributed by atoms with Gasteiger partial charge < -0.3 is 10.1 Å². The first-order valence-corrected chi connectivity index (χ1v) is 11.1. The van der Waals surface area contributed by atoms with E-state index in [4.69, 9.17) is 0 Å². The molecule has 0 bridgehead atoms. The lowest BCUT2D eigenvalue weighted by Crippen LogP contribution is -2.25. The van der Waals surface area contributed by atoms with Gasteiger partial charge >= 0.3 is 6.36 Å². The highest BCUT2D eigenvalue weighted by atomic mass is 32.2. The average Bonchev–Trinajstić information content (AvgIpc) is 3.30. The number of alkyl halides is 3. The van der Waals surface area contributed by atoms with E-state index in [1.54, 1.807) is 35.0 Å². The fourth-order valence-corrected chi connectivity index (χ4v) is 4.09. The van der Waals surface area contributed by atoms with Crippen LogP contribution in [0.1, 0.15) is 21.7 Å². The highest BCUT2D eigenvalue weighted by Crippen LogP contribution is 2.28. The molecule has 4 rings (SSSR count). The van der Waals surface area contributed by atoms with Gasteiger partial charge in [-0.1, -0.05) is 48.5 Å². The lowest BCUT2D eigenvalue weighted by molar-refractivity contribution is -0.274. The topological polar surface area (TPSA) is 81.9 Å². The van der Waals surface area contributed by atoms with E-state index in [1.165, 1.54) is 30.0 Å². The molecule has 0 radical (unpaired) electrons. The Balaban J connectivity index is 1.45. The molecule has 0 fully saturated rings. The standard InChI is InChI=1S/C23H18F3N5O2S/c24-23(25,26)33-19-12-6-4-8-16(19)14-27-22(32)18-11-5-7-13-20(18)34-15-21-28-29-30-31(21)17-9-2-1-3-10-17/h1-13H,14-15H2,(H,27,32). The number of carbonyl (C=O) groups is 1. The zero-order chi connectivity index (χ0) is 24.0. The smallest absolute Gasteiger partial charge is 0.405 e. The molecule has 1 amide bonds. The molecule has 0 aliphatic carbocycles. The molecule has 4 aromatic rings. The lowest BCUT2D eigenvalue weighted by Gasteiger charge is -2.14. The van der Waals surface area contributed by atoms with Crippen LogP contribution in [0.5, 0.6) is 5.75 Å². The third-order valence-electron chi connectivity index (χ3n) is 4.66. The number of hydrogen-bond acceptors (Lipinski definition) is 6. The molecule has 11 heteroatoms. The number of nitrogens with zero attached hydrogens (tertiary/aromatic N) is 4. The van der Waals surface area contributed by atoms with Gasteiger partial charge in [0, 0.05) is 17.0 Å². The number of ether oxygens (including phenoxy) is 1. The zero-order valence-corrected chi connectivity index (χ0v) is 18.4. The molecule has 0 atom stereocenters. The van der Waals surface area contributed by atoms with Crippen molar-refractivity contribution in [2.75, 3.05) is 0 Å². The SMILES string of the molecule is O=C(NCc1ccccc1OC(F)(F)F)c1ccccc1SCc1nnnn1-c1ccccc1. The average molecular weight is 485 g/mol. The van der Waals surface area contributed by atoms with E-state index in [2.05, 4.69) is 25.6 Å². The van der Waals surface area contributed by atoms with E-state index >= 15 is 0 Å². The first kappa shape index (κ1) is 23.3. The van der Waals surface area contributed by atoms with Crippen LogP contribution < -0.4 is 10.1 Å². The molecule has 0 spiro atoms. The maximum absolute atomic E-state index is 12.9. The van der Waals surface area contributed by atoms with Crippen LogP contribution in [0.25, 0.3) is 5.69 Å².